The third-order valence-electron chi connectivity index (χ3n) is 4.97. The Morgan fingerprint density at radius 2 is 1.50 bits per heavy atom. The molecule has 1 saturated carbocycles. The first-order chi connectivity index (χ1) is 11.7. The number of rotatable bonds is 3. The van der Waals surface area contributed by atoms with Gasteiger partial charge in [0.25, 0.3) is 5.91 Å². The lowest BCUT2D eigenvalue weighted by Crippen LogP contribution is -2.39. The Morgan fingerprint density at radius 3 is 2.17 bits per heavy atom. The van der Waals surface area contributed by atoms with Gasteiger partial charge in [-0.3, -0.25) is 4.79 Å². The fourth-order valence-electron chi connectivity index (χ4n) is 3.58. The lowest BCUT2D eigenvalue weighted by Gasteiger charge is -2.26. The van der Waals surface area contributed by atoms with E-state index in [-0.39, 0.29) is 11.9 Å². The van der Waals surface area contributed by atoms with E-state index >= 15 is 0 Å². The van der Waals surface area contributed by atoms with Crippen LogP contribution in [0.2, 0.25) is 0 Å². The van der Waals surface area contributed by atoms with Crippen molar-refractivity contribution in [3.8, 4) is 0 Å². The Bertz CT molecular complexity index is 558. The molecule has 0 aromatic heterocycles. The summed E-state index contributed by atoms with van der Waals surface area (Å²) in [6.45, 7) is 1.70. The summed E-state index contributed by atoms with van der Waals surface area (Å²) in [6.07, 6.45) is 9.18. The highest BCUT2D eigenvalue weighted by atomic mass is 16.2. The summed E-state index contributed by atoms with van der Waals surface area (Å²) in [5.74, 6) is 0.0907. The molecule has 2 aliphatic rings. The van der Waals surface area contributed by atoms with E-state index in [2.05, 4.69) is 10.6 Å². The van der Waals surface area contributed by atoms with Crippen LogP contribution in [0.1, 0.15) is 61.7 Å². The summed E-state index contributed by atoms with van der Waals surface area (Å²) in [7, 11) is 0. The van der Waals surface area contributed by atoms with E-state index in [0.29, 0.717) is 11.6 Å². The summed E-state index contributed by atoms with van der Waals surface area (Å²) in [5.41, 5.74) is 1.41. The minimum absolute atomic E-state index is 0.0907. The van der Waals surface area contributed by atoms with Crippen molar-refractivity contribution in [3.05, 3.63) is 29.8 Å². The molecule has 0 atom stereocenters. The van der Waals surface area contributed by atoms with Gasteiger partial charge in [-0.2, -0.15) is 0 Å². The Balaban J connectivity index is 1.52. The van der Waals surface area contributed by atoms with E-state index in [9.17, 15) is 9.59 Å². The molecule has 1 aliphatic carbocycles. The number of carbonyl (C=O) groups is 2. The normalized spacial score (nSPS) is 18.9. The van der Waals surface area contributed by atoms with Gasteiger partial charge in [0, 0.05) is 30.4 Å². The molecular formula is C19H27N3O2. The molecule has 3 rings (SSSR count). The van der Waals surface area contributed by atoms with Gasteiger partial charge >= 0.3 is 6.03 Å². The predicted octanol–water partition coefficient (Wildman–Crippen LogP) is 3.77. The van der Waals surface area contributed by atoms with Gasteiger partial charge in [-0.15, -0.1) is 0 Å². The van der Waals surface area contributed by atoms with Crippen molar-refractivity contribution in [1.29, 1.82) is 0 Å². The van der Waals surface area contributed by atoms with Crippen LogP contribution in [0.25, 0.3) is 0 Å². The molecule has 1 aromatic rings. The lowest BCUT2D eigenvalue weighted by atomic mass is 9.96. The molecule has 1 saturated heterocycles. The zero-order valence-corrected chi connectivity index (χ0v) is 14.2. The number of nitrogens with zero attached hydrogens (tertiary/aromatic N) is 1. The van der Waals surface area contributed by atoms with Crippen LogP contribution in [0, 0.1) is 0 Å². The molecule has 2 N–H and O–H groups in total. The van der Waals surface area contributed by atoms with Crippen LogP contribution in [0.15, 0.2) is 24.3 Å². The number of hydrogen-bond donors (Lipinski definition) is 2. The first-order valence-electron chi connectivity index (χ1n) is 9.19. The van der Waals surface area contributed by atoms with Crippen LogP contribution in [-0.2, 0) is 0 Å². The summed E-state index contributed by atoms with van der Waals surface area (Å²) in [6, 6.07) is 7.34. The molecule has 0 radical (unpaired) electrons. The van der Waals surface area contributed by atoms with Gasteiger partial charge in [0.05, 0.1) is 0 Å². The van der Waals surface area contributed by atoms with Gasteiger partial charge in [0.15, 0.2) is 0 Å². The largest absolute Gasteiger partial charge is 0.339 e. The average Bonchev–Trinajstić information content (AvgIpc) is 2.63. The lowest BCUT2D eigenvalue weighted by molar-refractivity contribution is 0.0724. The molecule has 0 spiro atoms. The highest BCUT2D eigenvalue weighted by Crippen LogP contribution is 2.18. The van der Waals surface area contributed by atoms with Crippen LogP contribution in [0.3, 0.4) is 0 Å². The van der Waals surface area contributed by atoms with E-state index in [1.54, 1.807) is 24.3 Å². The van der Waals surface area contributed by atoms with Crippen LogP contribution < -0.4 is 10.6 Å². The van der Waals surface area contributed by atoms with Crippen molar-refractivity contribution in [2.24, 2.45) is 0 Å². The summed E-state index contributed by atoms with van der Waals surface area (Å²) >= 11 is 0. The maximum absolute atomic E-state index is 12.4. The molecule has 1 aliphatic heterocycles. The second kappa shape index (κ2) is 8.18. The van der Waals surface area contributed by atoms with Gasteiger partial charge in [-0.25, -0.2) is 4.79 Å². The zero-order chi connectivity index (χ0) is 16.8. The Kier molecular flexibility index (Phi) is 5.72. The highest BCUT2D eigenvalue weighted by Gasteiger charge is 2.18. The number of piperidine rings is 1. The molecular weight excluding hydrogens is 302 g/mol. The number of amides is 3. The van der Waals surface area contributed by atoms with E-state index < -0.39 is 0 Å². The Labute approximate surface area is 143 Å². The first kappa shape index (κ1) is 16.8. The molecule has 130 valence electrons. The molecule has 0 unspecified atom stereocenters. The number of hydrogen-bond acceptors (Lipinski definition) is 2. The van der Waals surface area contributed by atoms with Gasteiger partial charge in [-0.05, 0) is 56.4 Å². The Hall–Kier alpha value is -2.04. The predicted molar refractivity (Wildman–Crippen MR) is 95.2 cm³/mol. The topological polar surface area (TPSA) is 61.4 Å². The van der Waals surface area contributed by atoms with Crippen molar-refractivity contribution in [2.45, 2.75) is 57.4 Å². The highest BCUT2D eigenvalue weighted by molar-refractivity contribution is 5.95. The molecule has 5 nitrogen and oxygen atoms in total. The van der Waals surface area contributed by atoms with Crippen LogP contribution >= 0.6 is 0 Å². The van der Waals surface area contributed by atoms with Gasteiger partial charge in [0.1, 0.15) is 0 Å². The minimum atomic E-state index is -0.156. The zero-order valence-electron chi connectivity index (χ0n) is 14.2. The molecule has 1 aromatic carbocycles. The van der Waals surface area contributed by atoms with Crippen molar-refractivity contribution < 1.29 is 9.59 Å². The smallest absolute Gasteiger partial charge is 0.319 e. The second-order valence-corrected chi connectivity index (χ2v) is 6.86. The van der Waals surface area contributed by atoms with E-state index in [0.717, 1.165) is 44.5 Å². The molecule has 2 fully saturated rings. The number of urea groups is 1. The second-order valence-electron chi connectivity index (χ2n) is 6.86. The van der Waals surface area contributed by atoms with Crippen LogP contribution in [0.5, 0.6) is 0 Å². The first-order valence-corrected chi connectivity index (χ1v) is 9.19. The van der Waals surface area contributed by atoms with E-state index in [1.807, 2.05) is 4.90 Å². The fraction of sp³-hybridized carbons (Fsp3) is 0.579. The number of nitrogens with one attached hydrogen (secondary N) is 2. The summed E-state index contributed by atoms with van der Waals surface area (Å²) in [4.78, 5) is 26.4. The van der Waals surface area contributed by atoms with Crippen molar-refractivity contribution in [1.82, 2.24) is 10.2 Å². The quantitative estimate of drug-likeness (QED) is 0.887. The van der Waals surface area contributed by atoms with Gasteiger partial charge in [-0.1, -0.05) is 19.3 Å². The molecule has 1 heterocycles. The maximum atomic E-state index is 12.4. The number of carbonyl (C=O) groups excluding carboxylic acids is 2. The number of likely N-dealkylation sites (tertiary alicyclic amines) is 1. The van der Waals surface area contributed by atoms with E-state index in [1.165, 1.54) is 25.7 Å². The molecule has 3 amide bonds. The summed E-state index contributed by atoms with van der Waals surface area (Å²) < 4.78 is 0. The van der Waals surface area contributed by atoms with E-state index in [4.69, 9.17) is 0 Å². The SMILES string of the molecule is O=C(Nc1ccc(C(=O)N2CCCCC2)cc1)NC1CCCCC1. The maximum Gasteiger partial charge on any atom is 0.319 e. The third kappa shape index (κ3) is 4.49. The monoisotopic (exact) mass is 329 g/mol. The molecule has 5 heteroatoms. The van der Waals surface area contributed by atoms with Gasteiger partial charge in [0.2, 0.25) is 0 Å². The number of benzene rings is 1. The van der Waals surface area contributed by atoms with Crippen LogP contribution in [0.4, 0.5) is 10.5 Å². The third-order valence-corrected chi connectivity index (χ3v) is 4.97. The van der Waals surface area contributed by atoms with Gasteiger partial charge < -0.3 is 15.5 Å². The fourth-order valence-corrected chi connectivity index (χ4v) is 3.58. The van der Waals surface area contributed by atoms with Crippen molar-refractivity contribution in [2.75, 3.05) is 18.4 Å². The average molecular weight is 329 g/mol. The molecule has 0 bridgehead atoms. The number of anilines is 1. The van der Waals surface area contributed by atoms with Crippen LogP contribution in [-0.4, -0.2) is 36.0 Å². The minimum Gasteiger partial charge on any atom is -0.339 e. The Morgan fingerprint density at radius 1 is 0.875 bits per heavy atom. The standard InChI is InChI=1S/C19H27N3O2/c23-18(22-13-5-2-6-14-22)15-9-11-17(12-10-15)21-19(24)20-16-7-3-1-4-8-16/h9-12,16H,1-8,13-14H2,(H2,20,21,24). The van der Waals surface area contributed by atoms with Crippen molar-refractivity contribution in [3.63, 3.8) is 0 Å². The summed E-state index contributed by atoms with van der Waals surface area (Å²) in [5, 5.41) is 5.89. The van der Waals surface area contributed by atoms with Crippen molar-refractivity contribution >= 4 is 17.6 Å². The molecule has 24 heavy (non-hydrogen) atoms.